The summed E-state index contributed by atoms with van der Waals surface area (Å²) >= 11 is 0. The number of aromatic nitrogens is 1. The first-order chi connectivity index (χ1) is 7.72. The Hall–Kier alpha value is -1.09. The van der Waals surface area contributed by atoms with Crippen LogP contribution in [0.3, 0.4) is 0 Å². The van der Waals surface area contributed by atoms with Gasteiger partial charge in [0.2, 0.25) is 0 Å². The Bertz CT molecular complexity index is 418. The summed E-state index contributed by atoms with van der Waals surface area (Å²) in [5, 5.41) is 3.39. The number of hydrogen-bond donors (Lipinski definition) is 1. The van der Waals surface area contributed by atoms with Crippen LogP contribution < -0.4 is 10.9 Å². The lowest BCUT2D eigenvalue weighted by atomic mass is 10.2. The summed E-state index contributed by atoms with van der Waals surface area (Å²) in [6, 6.07) is 4.65. The molecule has 0 atom stereocenters. The summed E-state index contributed by atoms with van der Waals surface area (Å²) in [6.45, 7) is 5.63. The summed E-state index contributed by atoms with van der Waals surface area (Å²) in [5.74, 6) is 0. The zero-order valence-electron chi connectivity index (χ0n) is 10.1. The van der Waals surface area contributed by atoms with E-state index in [1.165, 1.54) is 12.8 Å². The van der Waals surface area contributed by atoms with E-state index in [4.69, 9.17) is 0 Å². The molecule has 1 fully saturated rings. The molecule has 0 saturated heterocycles. The molecular formula is C13H20N2O. The molecule has 0 amide bonds. The third-order valence-corrected chi connectivity index (χ3v) is 3.08. The molecule has 1 saturated carbocycles. The maximum Gasteiger partial charge on any atom is 0.255 e. The van der Waals surface area contributed by atoms with Crippen molar-refractivity contribution in [3.8, 4) is 0 Å². The number of nitrogens with zero attached hydrogens (tertiary/aromatic N) is 1. The molecule has 3 nitrogen and oxygen atoms in total. The smallest absolute Gasteiger partial charge is 0.255 e. The van der Waals surface area contributed by atoms with E-state index in [9.17, 15) is 4.79 Å². The highest BCUT2D eigenvalue weighted by Gasteiger charge is 2.20. The quantitative estimate of drug-likeness (QED) is 0.821. The Kier molecular flexibility index (Phi) is 3.44. The molecule has 1 aromatic heterocycles. The standard InChI is InChI=1S/C13H20N2O/c1-3-8-15-10(2)4-5-11(13(15)16)9-14-12-6-7-12/h4-5,12,14H,3,6-9H2,1-2H3. The summed E-state index contributed by atoms with van der Waals surface area (Å²) < 4.78 is 1.88. The van der Waals surface area contributed by atoms with E-state index in [0.717, 1.165) is 24.2 Å². The van der Waals surface area contributed by atoms with Gasteiger partial charge in [0, 0.05) is 30.4 Å². The fourth-order valence-corrected chi connectivity index (χ4v) is 1.89. The van der Waals surface area contributed by atoms with Gasteiger partial charge >= 0.3 is 0 Å². The number of rotatable bonds is 5. The Balaban J connectivity index is 2.17. The fraction of sp³-hybridized carbons (Fsp3) is 0.615. The van der Waals surface area contributed by atoms with Crippen LogP contribution in [-0.2, 0) is 13.1 Å². The van der Waals surface area contributed by atoms with Gasteiger partial charge in [-0.1, -0.05) is 13.0 Å². The Morgan fingerprint density at radius 1 is 1.44 bits per heavy atom. The monoisotopic (exact) mass is 220 g/mol. The fourth-order valence-electron chi connectivity index (χ4n) is 1.89. The van der Waals surface area contributed by atoms with Crippen LogP contribution in [0.4, 0.5) is 0 Å². The van der Waals surface area contributed by atoms with Crippen molar-refractivity contribution in [3.05, 3.63) is 33.7 Å². The van der Waals surface area contributed by atoms with Crippen LogP contribution in [-0.4, -0.2) is 10.6 Å². The van der Waals surface area contributed by atoms with E-state index >= 15 is 0 Å². The molecular weight excluding hydrogens is 200 g/mol. The lowest BCUT2D eigenvalue weighted by Crippen LogP contribution is -2.29. The molecule has 1 aromatic rings. The Labute approximate surface area is 96.5 Å². The second kappa shape index (κ2) is 4.83. The average molecular weight is 220 g/mol. The first kappa shape index (κ1) is 11.4. The normalized spacial score (nSPS) is 15.4. The lowest BCUT2D eigenvalue weighted by molar-refractivity contribution is 0.613. The van der Waals surface area contributed by atoms with Crippen LogP contribution in [0.25, 0.3) is 0 Å². The predicted octanol–water partition coefficient (Wildman–Crippen LogP) is 1.82. The van der Waals surface area contributed by atoms with Crippen molar-refractivity contribution < 1.29 is 0 Å². The molecule has 1 N–H and O–H groups in total. The van der Waals surface area contributed by atoms with Crippen molar-refractivity contribution in [2.24, 2.45) is 0 Å². The van der Waals surface area contributed by atoms with E-state index < -0.39 is 0 Å². The maximum absolute atomic E-state index is 12.1. The second-order valence-corrected chi connectivity index (χ2v) is 4.61. The third kappa shape index (κ3) is 2.53. The minimum Gasteiger partial charge on any atom is -0.313 e. The van der Waals surface area contributed by atoms with Gasteiger partial charge in [-0.15, -0.1) is 0 Å². The van der Waals surface area contributed by atoms with Crippen molar-refractivity contribution >= 4 is 0 Å². The molecule has 16 heavy (non-hydrogen) atoms. The van der Waals surface area contributed by atoms with Crippen molar-refractivity contribution in [1.82, 2.24) is 9.88 Å². The van der Waals surface area contributed by atoms with Gasteiger partial charge in [-0.3, -0.25) is 4.79 Å². The molecule has 88 valence electrons. The molecule has 2 rings (SSSR count). The molecule has 0 bridgehead atoms. The van der Waals surface area contributed by atoms with Gasteiger partial charge < -0.3 is 9.88 Å². The van der Waals surface area contributed by atoms with Gasteiger partial charge in [0.1, 0.15) is 0 Å². The third-order valence-electron chi connectivity index (χ3n) is 3.08. The summed E-state index contributed by atoms with van der Waals surface area (Å²) in [4.78, 5) is 12.1. The van der Waals surface area contributed by atoms with E-state index in [2.05, 4.69) is 12.2 Å². The second-order valence-electron chi connectivity index (χ2n) is 4.61. The van der Waals surface area contributed by atoms with Crippen molar-refractivity contribution in [3.63, 3.8) is 0 Å². The van der Waals surface area contributed by atoms with Gasteiger partial charge in [-0.25, -0.2) is 0 Å². The number of aryl methyl sites for hydroxylation is 1. The van der Waals surface area contributed by atoms with Gasteiger partial charge in [0.15, 0.2) is 0 Å². The molecule has 1 aliphatic rings. The lowest BCUT2D eigenvalue weighted by Gasteiger charge is -2.11. The summed E-state index contributed by atoms with van der Waals surface area (Å²) in [5.41, 5.74) is 2.13. The zero-order chi connectivity index (χ0) is 11.5. The van der Waals surface area contributed by atoms with E-state index in [1.54, 1.807) is 0 Å². The van der Waals surface area contributed by atoms with Gasteiger partial charge in [-0.2, -0.15) is 0 Å². The van der Waals surface area contributed by atoms with Crippen LogP contribution in [0.2, 0.25) is 0 Å². The molecule has 3 heteroatoms. The molecule has 0 aromatic carbocycles. The van der Waals surface area contributed by atoms with Gasteiger partial charge in [-0.05, 0) is 32.3 Å². The first-order valence-corrected chi connectivity index (χ1v) is 6.15. The van der Waals surface area contributed by atoms with E-state index in [1.807, 2.05) is 23.6 Å². The van der Waals surface area contributed by atoms with Gasteiger partial charge in [0.05, 0.1) is 0 Å². The summed E-state index contributed by atoms with van der Waals surface area (Å²) in [6.07, 6.45) is 3.52. The molecule has 0 radical (unpaired) electrons. The van der Waals surface area contributed by atoms with Crippen LogP contribution in [0.1, 0.15) is 37.4 Å². The minimum atomic E-state index is 0.176. The maximum atomic E-state index is 12.1. The van der Waals surface area contributed by atoms with Crippen LogP contribution in [0.5, 0.6) is 0 Å². The van der Waals surface area contributed by atoms with E-state index in [-0.39, 0.29) is 5.56 Å². The Morgan fingerprint density at radius 3 is 2.81 bits per heavy atom. The number of nitrogens with one attached hydrogen (secondary N) is 1. The predicted molar refractivity (Wildman–Crippen MR) is 65.6 cm³/mol. The Morgan fingerprint density at radius 2 is 2.19 bits per heavy atom. The minimum absolute atomic E-state index is 0.176. The zero-order valence-corrected chi connectivity index (χ0v) is 10.1. The van der Waals surface area contributed by atoms with Crippen LogP contribution >= 0.6 is 0 Å². The van der Waals surface area contributed by atoms with Crippen molar-refractivity contribution in [1.29, 1.82) is 0 Å². The molecule has 1 heterocycles. The van der Waals surface area contributed by atoms with Crippen LogP contribution in [0.15, 0.2) is 16.9 Å². The highest BCUT2D eigenvalue weighted by molar-refractivity contribution is 5.15. The average Bonchev–Trinajstić information content (AvgIpc) is 3.07. The first-order valence-electron chi connectivity index (χ1n) is 6.15. The molecule has 0 unspecified atom stereocenters. The largest absolute Gasteiger partial charge is 0.313 e. The van der Waals surface area contributed by atoms with Crippen LogP contribution in [0, 0.1) is 6.92 Å². The summed E-state index contributed by atoms with van der Waals surface area (Å²) in [7, 11) is 0. The number of hydrogen-bond acceptors (Lipinski definition) is 2. The highest BCUT2D eigenvalue weighted by Crippen LogP contribution is 2.18. The van der Waals surface area contributed by atoms with E-state index in [0.29, 0.717) is 12.6 Å². The van der Waals surface area contributed by atoms with Crippen molar-refractivity contribution in [2.45, 2.75) is 52.2 Å². The molecule has 1 aliphatic carbocycles. The topological polar surface area (TPSA) is 34.0 Å². The molecule has 0 aliphatic heterocycles. The highest BCUT2D eigenvalue weighted by atomic mass is 16.1. The van der Waals surface area contributed by atoms with Crippen molar-refractivity contribution in [2.75, 3.05) is 0 Å². The number of pyridine rings is 1. The molecule has 0 spiro atoms. The SMILES string of the molecule is CCCn1c(C)ccc(CNC2CC2)c1=O. The van der Waals surface area contributed by atoms with Gasteiger partial charge in [0.25, 0.3) is 5.56 Å².